The third-order valence-corrected chi connectivity index (χ3v) is 14.5. The number of unbranched alkanes of at least 4 members (excludes halogenated alkanes) is 24. The SMILES string of the molecule is CCCCCCCCCCCCCCOc1ccc(-c2ccc(C(=O)Oc3ccc(OCCCCCOc4ccc(OC(=O)c5ccc(-c6ccc(OCCCCCCCCCCCCCC)cc6)cc5)cc4)cc3)cc2)cc1. The molecule has 0 saturated carbocycles. The van der Waals surface area contributed by atoms with Gasteiger partial charge in [-0.25, -0.2) is 9.59 Å². The van der Waals surface area contributed by atoms with Crippen LogP contribution in [0.5, 0.6) is 34.5 Å². The lowest BCUT2D eigenvalue weighted by Gasteiger charge is -2.10. The van der Waals surface area contributed by atoms with Crippen molar-refractivity contribution in [2.24, 2.45) is 0 Å². The minimum absolute atomic E-state index is 0.413. The van der Waals surface area contributed by atoms with Crippen molar-refractivity contribution in [2.75, 3.05) is 26.4 Å². The monoisotopic (exact) mass is 1070 g/mol. The molecule has 0 N–H and O–H groups in total. The average molecular weight is 1070 g/mol. The van der Waals surface area contributed by atoms with Crippen LogP contribution in [0.4, 0.5) is 0 Å². The maximum atomic E-state index is 13.0. The van der Waals surface area contributed by atoms with Crippen molar-refractivity contribution < 1.29 is 38.0 Å². The van der Waals surface area contributed by atoms with E-state index in [1.54, 1.807) is 48.5 Å². The molecule has 0 bridgehead atoms. The molecule has 0 heterocycles. The molecule has 0 fully saturated rings. The highest BCUT2D eigenvalue weighted by atomic mass is 16.5. The van der Waals surface area contributed by atoms with E-state index in [1.807, 2.05) is 72.8 Å². The molecule has 79 heavy (non-hydrogen) atoms. The van der Waals surface area contributed by atoms with Crippen LogP contribution < -0.4 is 28.4 Å². The quantitative estimate of drug-likeness (QED) is 0.0213. The van der Waals surface area contributed by atoms with E-state index < -0.39 is 11.9 Å². The summed E-state index contributed by atoms with van der Waals surface area (Å²) in [5.41, 5.74) is 5.13. The first-order chi connectivity index (χ1) is 39.0. The predicted molar refractivity (Wildman–Crippen MR) is 325 cm³/mol. The van der Waals surface area contributed by atoms with Gasteiger partial charge in [0.25, 0.3) is 0 Å². The largest absolute Gasteiger partial charge is 0.494 e. The van der Waals surface area contributed by atoms with Gasteiger partial charge in [-0.15, -0.1) is 0 Å². The van der Waals surface area contributed by atoms with Crippen LogP contribution in [0.15, 0.2) is 146 Å². The van der Waals surface area contributed by atoms with Crippen molar-refractivity contribution >= 4 is 11.9 Å². The van der Waals surface area contributed by atoms with E-state index >= 15 is 0 Å². The average Bonchev–Trinajstić information content (AvgIpc) is 3.48. The fourth-order valence-electron chi connectivity index (χ4n) is 9.65. The zero-order valence-electron chi connectivity index (χ0n) is 48.0. The second-order valence-corrected chi connectivity index (χ2v) is 21.2. The number of hydrogen-bond acceptors (Lipinski definition) is 8. The Balaban J connectivity index is 0.765. The first-order valence-corrected chi connectivity index (χ1v) is 30.5. The van der Waals surface area contributed by atoms with Crippen LogP contribution in [-0.4, -0.2) is 38.4 Å². The smallest absolute Gasteiger partial charge is 0.343 e. The molecule has 424 valence electrons. The van der Waals surface area contributed by atoms with Gasteiger partial charge in [0.1, 0.15) is 34.5 Å². The van der Waals surface area contributed by atoms with Crippen molar-refractivity contribution in [1.82, 2.24) is 0 Å². The lowest BCUT2D eigenvalue weighted by molar-refractivity contribution is 0.0725. The molecule has 8 nitrogen and oxygen atoms in total. The van der Waals surface area contributed by atoms with Gasteiger partial charge in [-0.2, -0.15) is 0 Å². The van der Waals surface area contributed by atoms with Gasteiger partial charge in [0.05, 0.1) is 37.6 Å². The Labute approximate surface area is 474 Å². The highest BCUT2D eigenvalue weighted by Crippen LogP contribution is 2.27. The third-order valence-electron chi connectivity index (χ3n) is 14.5. The van der Waals surface area contributed by atoms with Crippen molar-refractivity contribution in [3.05, 3.63) is 157 Å². The highest BCUT2D eigenvalue weighted by Gasteiger charge is 2.12. The molecule has 8 heteroatoms. The van der Waals surface area contributed by atoms with Gasteiger partial charge in [0.2, 0.25) is 0 Å². The molecule has 0 aliphatic rings. The Morgan fingerprint density at radius 2 is 0.430 bits per heavy atom. The first kappa shape index (κ1) is 61.7. The fraction of sp³-hybridized carbons (Fsp3) is 0.465. The lowest BCUT2D eigenvalue weighted by atomic mass is 10.0. The highest BCUT2D eigenvalue weighted by molar-refractivity contribution is 5.92. The van der Waals surface area contributed by atoms with Crippen LogP contribution in [0.1, 0.15) is 208 Å². The van der Waals surface area contributed by atoms with Crippen molar-refractivity contribution in [1.29, 1.82) is 0 Å². The molecule has 0 amide bonds. The molecule has 0 unspecified atom stereocenters. The minimum atomic E-state index is -0.413. The molecule has 0 saturated heterocycles. The van der Waals surface area contributed by atoms with Gasteiger partial charge in [0.15, 0.2) is 0 Å². The minimum Gasteiger partial charge on any atom is -0.494 e. The molecular weight excluding hydrogens is 981 g/mol. The zero-order valence-corrected chi connectivity index (χ0v) is 48.0. The Morgan fingerprint density at radius 3 is 0.684 bits per heavy atom. The standard InChI is InChI=1S/C71H92O8/c1-3-5-7-9-11-13-15-17-19-21-23-26-54-74-64-42-38-60(39-43-64)58-30-34-62(35-31-58)70(72)78-68-50-46-66(47-51-68)76-56-28-25-29-57-77-67-48-52-69(53-49-67)79-71(73)63-36-32-59(33-37-63)61-40-44-65(45-41-61)75-55-27-24-22-20-18-16-14-12-10-8-6-4-2/h30-53H,3-29,54-57H2,1-2H3. The van der Waals surface area contributed by atoms with E-state index in [0.29, 0.717) is 47.3 Å². The summed E-state index contributed by atoms with van der Waals surface area (Å²) in [5.74, 6) is 3.28. The van der Waals surface area contributed by atoms with E-state index in [0.717, 1.165) is 79.1 Å². The maximum Gasteiger partial charge on any atom is 0.343 e. The number of hydrogen-bond donors (Lipinski definition) is 0. The summed E-state index contributed by atoms with van der Waals surface area (Å²) in [4.78, 5) is 25.9. The third kappa shape index (κ3) is 25.0. The molecule has 0 radical (unpaired) electrons. The van der Waals surface area contributed by atoms with Crippen LogP contribution in [-0.2, 0) is 0 Å². The molecule has 6 aromatic rings. The van der Waals surface area contributed by atoms with Crippen LogP contribution in [0.3, 0.4) is 0 Å². The molecular formula is C71H92O8. The number of benzene rings is 6. The number of rotatable bonds is 42. The molecule has 6 rings (SSSR count). The van der Waals surface area contributed by atoms with Crippen LogP contribution in [0.2, 0.25) is 0 Å². The molecule has 0 aliphatic heterocycles. The van der Waals surface area contributed by atoms with Crippen LogP contribution in [0.25, 0.3) is 22.3 Å². The summed E-state index contributed by atoms with van der Waals surface area (Å²) in [5, 5.41) is 0. The summed E-state index contributed by atoms with van der Waals surface area (Å²) in [7, 11) is 0. The summed E-state index contributed by atoms with van der Waals surface area (Å²) < 4.78 is 35.2. The Morgan fingerprint density at radius 1 is 0.241 bits per heavy atom. The Hall–Kier alpha value is -6.54. The normalized spacial score (nSPS) is 11.1. The lowest BCUT2D eigenvalue weighted by Crippen LogP contribution is -2.08. The van der Waals surface area contributed by atoms with E-state index in [2.05, 4.69) is 38.1 Å². The molecule has 6 aromatic carbocycles. The Kier molecular flexibility index (Phi) is 29.8. The maximum absolute atomic E-state index is 13.0. The van der Waals surface area contributed by atoms with E-state index in [4.69, 9.17) is 28.4 Å². The van der Waals surface area contributed by atoms with Crippen molar-refractivity contribution in [3.8, 4) is 56.8 Å². The Bertz CT molecular complexity index is 2340. The number of carbonyl (C=O) groups is 2. The number of carbonyl (C=O) groups excluding carboxylic acids is 2. The van der Waals surface area contributed by atoms with E-state index in [-0.39, 0.29) is 0 Å². The van der Waals surface area contributed by atoms with Gasteiger partial charge >= 0.3 is 11.9 Å². The van der Waals surface area contributed by atoms with Crippen molar-refractivity contribution in [2.45, 2.75) is 187 Å². The number of esters is 2. The van der Waals surface area contributed by atoms with Gasteiger partial charge in [-0.05, 0) is 151 Å². The topological polar surface area (TPSA) is 89.5 Å². The molecule has 0 spiro atoms. The van der Waals surface area contributed by atoms with Gasteiger partial charge < -0.3 is 28.4 Å². The fourth-order valence-corrected chi connectivity index (χ4v) is 9.65. The van der Waals surface area contributed by atoms with Gasteiger partial charge in [0, 0.05) is 0 Å². The van der Waals surface area contributed by atoms with Gasteiger partial charge in [-0.3, -0.25) is 0 Å². The van der Waals surface area contributed by atoms with Crippen LogP contribution >= 0.6 is 0 Å². The second kappa shape index (κ2) is 38.1. The molecule has 0 aliphatic carbocycles. The summed E-state index contributed by atoms with van der Waals surface area (Å²) >= 11 is 0. The van der Waals surface area contributed by atoms with Crippen LogP contribution in [0, 0.1) is 0 Å². The molecule has 0 aromatic heterocycles. The summed E-state index contributed by atoms with van der Waals surface area (Å²) in [6, 6.07) is 45.5. The second-order valence-electron chi connectivity index (χ2n) is 21.2. The van der Waals surface area contributed by atoms with E-state index in [1.165, 1.54) is 141 Å². The summed E-state index contributed by atoms with van der Waals surface area (Å²) in [6.07, 6.45) is 34.6. The van der Waals surface area contributed by atoms with Gasteiger partial charge in [-0.1, -0.05) is 204 Å². The van der Waals surface area contributed by atoms with Crippen molar-refractivity contribution in [3.63, 3.8) is 0 Å². The predicted octanol–water partition coefficient (Wildman–Crippen LogP) is 20.2. The number of ether oxygens (including phenoxy) is 6. The summed E-state index contributed by atoms with van der Waals surface area (Å²) in [6.45, 7) is 7.16. The zero-order chi connectivity index (χ0) is 55.2. The first-order valence-electron chi connectivity index (χ1n) is 30.5. The molecule has 0 atom stereocenters. The van der Waals surface area contributed by atoms with E-state index in [9.17, 15) is 9.59 Å².